The Morgan fingerprint density at radius 1 is 1.32 bits per heavy atom. The molecule has 0 atom stereocenters. The lowest BCUT2D eigenvalue weighted by atomic mass is 10.4. The van der Waals surface area contributed by atoms with Crippen LogP contribution in [0.4, 0.5) is 11.6 Å². The standard InChI is InChI=1S/C12H21N5OS/c1-5-13-9-7-10(16-12(15-9)19-4)14-8-11(18)17(3)6-2/h7H,5-6,8H2,1-4H3,(H2,13,14,15,16). The molecule has 0 aliphatic heterocycles. The minimum absolute atomic E-state index is 0.0387. The van der Waals surface area contributed by atoms with Gasteiger partial charge in [-0.3, -0.25) is 4.79 Å². The van der Waals surface area contributed by atoms with Crippen molar-refractivity contribution in [1.29, 1.82) is 0 Å². The summed E-state index contributed by atoms with van der Waals surface area (Å²) in [5.74, 6) is 1.46. The van der Waals surface area contributed by atoms with E-state index in [-0.39, 0.29) is 12.5 Å². The maximum absolute atomic E-state index is 11.7. The number of likely N-dealkylation sites (N-methyl/N-ethyl adjacent to an activating group) is 1. The van der Waals surface area contributed by atoms with E-state index in [1.807, 2.05) is 26.2 Å². The van der Waals surface area contributed by atoms with Crippen LogP contribution in [0.2, 0.25) is 0 Å². The van der Waals surface area contributed by atoms with Crippen molar-refractivity contribution in [3.63, 3.8) is 0 Å². The number of nitrogens with zero attached hydrogens (tertiary/aromatic N) is 3. The second-order valence-electron chi connectivity index (χ2n) is 3.92. The fourth-order valence-corrected chi connectivity index (χ4v) is 1.74. The van der Waals surface area contributed by atoms with Gasteiger partial charge in [0.2, 0.25) is 5.91 Å². The summed E-state index contributed by atoms with van der Waals surface area (Å²) in [6.45, 7) is 5.68. The van der Waals surface area contributed by atoms with Crippen molar-refractivity contribution in [1.82, 2.24) is 14.9 Å². The van der Waals surface area contributed by atoms with Gasteiger partial charge in [-0.1, -0.05) is 11.8 Å². The summed E-state index contributed by atoms with van der Waals surface area (Å²) in [7, 11) is 1.78. The predicted octanol–water partition coefficient (Wildman–Crippen LogP) is 1.52. The van der Waals surface area contributed by atoms with E-state index in [0.29, 0.717) is 17.5 Å². The highest BCUT2D eigenvalue weighted by Crippen LogP contribution is 2.16. The van der Waals surface area contributed by atoms with E-state index in [1.54, 1.807) is 11.9 Å². The van der Waals surface area contributed by atoms with Gasteiger partial charge in [-0.25, -0.2) is 9.97 Å². The number of rotatable bonds is 7. The van der Waals surface area contributed by atoms with E-state index in [2.05, 4.69) is 20.6 Å². The third kappa shape index (κ3) is 4.94. The monoisotopic (exact) mass is 283 g/mol. The Bertz CT molecular complexity index is 427. The van der Waals surface area contributed by atoms with E-state index in [9.17, 15) is 4.79 Å². The van der Waals surface area contributed by atoms with Gasteiger partial charge >= 0.3 is 0 Å². The van der Waals surface area contributed by atoms with Crippen molar-refractivity contribution in [2.75, 3.05) is 43.6 Å². The van der Waals surface area contributed by atoms with E-state index in [0.717, 1.165) is 12.4 Å². The van der Waals surface area contributed by atoms with Gasteiger partial charge in [0.1, 0.15) is 11.6 Å². The van der Waals surface area contributed by atoms with Crippen molar-refractivity contribution in [2.45, 2.75) is 19.0 Å². The normalized spacial score (nSPS) is 10.1. The van der Waals surface area contributed by atoms with E-state index in [1.165, 1.54) is 11.8 Å². The molecule has 0 radical (unpaired) electrons. The zero-order valence-corrected chi connectivity index (χ0v) is 12.7. The molecule has 1 aromatic heterocycles. The Kier molecular flexibility index (Phi) is 6.41. The Balaban J connectivity index is 2.71. The number of hydrogen-bond donors (Lipinski definition) is 2. The molecule has 19 heavy (non-hydrogen) atoms. The first-order valence-electron chi connectivity index (χ1n) is 6.25. The van der Waals surface area contributed by atoms with Gasteiger partial charge in [0.25, 0.3) is 0 Å². The summed E-state index contributed by atoms with van der Waals surface area (Å²) in [4.78, 5) is 22.0. The van der Waals surface area contributed by atoms with Crippen molar-refractivity contribution < 1.29 is 4.79 Å². The highest BCUT2D eigenvalue weighted by molar-refractivity contribution is 7.98. The first-order chi connectivity index (χ1) is 9.10. The third-order valence-corrected chi connectivity index (χ3v) is 3.11. The number of anilines is 2. The molecule has 1 rings (SSSR count). The van der Waals surface area contributed by atoms with Gasteiger partial charge in [-0.2, -0.15) is 0 Å². The molecule has 1 amide bonds. The number of nitrogens with one attached hydrogen (secondary N) is 2. The van der Waals surface area contributed by atoms with Crippen molar-refractivity contribution in [3.05, 3.63) is 6.07 Å². The van der Waals surface area contributed by atoms with E-state index < -0.39 is 0 Å². The molecule has 1 aromatic rings. The van der Waals surface area contributed by atoms with Crippen LogP contribution in [-0.2, 0) is 4.79 Å². The second kappa shape index (κ2) is 7.83. The Labute approximate surface area is 118 Å². The maximum Gasteiger partial charge on any atom is 0.241 e. The van der Waals surface area contributed by atoms with Gasteiger partial charge < -0.3 is 15.5 Å². The minimum Gasteiger partial charge on any atom is -0.370 e. The molecule has 0 aromatic carbocycles. The first-order valence-corrected chi connectivity index (χ1v) is 7.47. The quantitative estimate of drug-likeness (QED) is 0.584. The largest absolute Gasteiger partial charge is 0.370 e. The lowest BCUT2D eigenvalue weighted by Crippen LogP contribution is -2.32. The predicted molar refractivity (Wildman–Crippen MR) is 79.8 cm³/mol. The van der Waals surface area contributed by atoms with Crippen LogP contribution < -0.4 is 10.6 Å². The lowest BCUT2D eigenvalue weighted by Gasteiger charge is -2.15. The molecule has 0 fully saturated rings. The Morgan fingerprint density at radius 3 is 2.47 bits per heavy atom. The lowest BCUT2D eigenvalue weighted by molar-refractivity contribution is -0.127. The van der Waals surface area contributed by atoms with Crippen LogP contribution in [0.25, 0.3) is 0 Å². The van der Waals surface area contributed by atoms with Gasteiger partial charge in [0, 0.05) is 26.2 Å². The molecular formula is C12H21N5OS. The van der Waals surface area contributed by atoms with Gasteiger partial charge in [0.05, 0.1) is 6.54 Å². The molecule has 0 saturated heterocycles. The summed E-state index contributed by atoms with van der Waals surface area (Å²) in [6, 6.07) is 1.81. The smallest absolute Gasteiger partial charge is 0.241 e. The van der Waals surface area contributed by atoms with E-state index >= 15 is 0 Å². The summed E-state index contributed by atoms with van der Waals surface area (Å²) in [5, 5.41) is 6.86. The highest BCUT2D eigenvalue weighted by Gasteiger charge is 2.08. The summed E-state index contributed by atoms with van der Waals surface area (Å²) < 4.78 is 0. The van der Waals surface area contributed by atoms with Gasteiger partial charge in [-0.15, -0.1) is 0 Å². The molecule has 0 aliphatic rings. The molecule has 0 aliphatic carbocycles. The van der Waals surface area contributed by atoms with Crippen LogP contribution in [-0.4, -0.2) is 53.7 Å². The minimum atomic E-state index is 0.0387. The molecule has 7 heteroatoms. The topological polar surface area (TPSA) is 70.2 Å². The molecule has 0 bridgehead atoms. The molecular weight excluding hydrogens is 262 g/mol. The van der Waals surface area contributed by atoms with Crippen LogP contribution >= 0.6 is 11.8 Å². The molecule has 2 N–H and O–H groups in total. The van der Waals surface area contributed by atoms with Crippen LogP contribution in [0.1, 0.15) is 13.8 Å². The maximum atomic E-state index is 11.7. The second-order valence-corrected chi connectivity index (χ2v) is 4.69. The molecule has 6 nitrogen and oxygen atoms in total. The fraction of sp³-hybridized carbons (Fsp3) is 0.583. The van der Waals surface area contributed by atoms with Crippen molar-refractivity contribution in [3.8, 4) is 0 Å². The highest BCUT2D eigenvalue weighted by atomic mass is 32.2. The van der Waals surface area contributed by atoms with Crippen LogP contribution in [0.15, 0.2) is 11.2 Å². The average molecular weight is 283 g/mol. The number of aromatic nitrogens is 2. The Hall–Kier alpha value is -1.50. The van der Waals surface area contributed by atoms with Crippen molar-refractivity contribution >= 4 is 29.3 Å². The SMILES string of the molecule is CCNc1cc(NCC(=O)N(C)CC)nc(SC)n1. The average Bonchev–Trinajstić information content (AvgIpc) is 2.43. The molecule has 0 saturated carbocycles. The van der Waals surface area contributed by atoms with Gasteiger partial charge in [-0.05, 0) is 20.1 Å². The van der Waals surface area contributed by atoms with Crippen LogP contribution in [0, 0.1) is 0 Å². The first kappa shape index (κ1) is 15.6. The van der Waals surface area contributed by atoms with Crippen LogP contribution in [0.5, 0.6) is 0 Å². The molecule has 1 heterocycles. The fourth-order valence-electron chi connectivity index (χ4n) is 1.36. The van der Waals surface area contributed by atoms with Crippen LogP contribution in [0.3, 0.4) is 0 Å². The number of carbonyl (C=O) groups is 1. The Morgan fingerprint density at radius 2 is 1.95 bits per heavy atom. The zero-order valence-electron chi connectivity index (χ0n) is 11.9. The number of thioether (sulfide) groups is 1. The van der Waals surface area contributed by atoms with E-state index in [4.69, 9.17) is 0 Å². The summed E-state index contributed by atoms with van der Waals surface area (Å²) in [5.41, 5.74) is 0. The number of hydrogen-bond acceptors (Lipinski definition) is 6. The number of amides is 1. The van der Waals surface area contributed by atoms with Crippen molar-refractivity contribution in [2.24, 2.45) is 0 Å². The third-order valence-electron chi connectivity index (χ3n) is 2.57. The van der Waals surface area contributed by atoms with Gasteiger partial charge in [0.15, 0.2) is 5.16 Å². The molecule has 0 spiro atoms. The molecule has 106 valence electrons. The zero-order chi connectivity index (χ0) is 14.3. The summed E-state index contributed by atoms with van der Waals surface area (Å²) in [6.07, 6.45) is 1.92. The number of carbonyl (C=O) groups excluding carboxylic acids is 1. The summed E-state index contributed by atoms with van der Waals surface area (Å²) >= 11 is 1.47. The molecule has 0 unspecified atom stereocenters.